The molecule has 1 aromatic heterocycles. The zero-order valence-corrected chi connectivity index (χ0v) is 10.8. The van der Waals surface area contributed by atoms with Crippen molar-refractivity contribution in [2.24, 2.45) is 5.92 Å². The van der Waals surface area contributed by atoms with Crippen molar-refractivity contribution < 1.29 is 9.26 Å². The summed E-state index contributed by atoms with van der Waals surface area (Å²) in [6.45, 7) is 7.72. The van der Waals surface area contributed by atoms with E-state index in [2.05, 4.69) is 29.3 Å². The molecule has 96 valence electrons. The maximum Gasteiger partial charge on any atom is 0.240 e. The van der Waals surface area contributed by atoms with Gasteiger partial charge >= 0.3 is 0 Å². The van der Waals surface area contributed by atoms with E-state index < -0.39 is 0 Å². The van der Waals surface area contributed by atoms with Gasteiger partial charge in [-0.15, -0.1) is 0 Å². The molecule has 5 heteroatoms. The molecular weight excluding hydrogens is 218 g/mol. The van der Waals surface area contributed by atoms with Crippen LogP contribution in [0.2, 0.25) is 0 Å². The van der Waals surface area contributed by atoms with Crippen LogP contribution in [0.5, 0.6) is 0 Å². The Kier molecular flexibility index (Phi) is 4.12. The summed E-state index contributed by atoms with van der Waals surface area (Å²) >= 11 is 0. The lowest BCUT2D eigenvalue weighted by atomic mass is 9.95. The van der Waals surface area contributed by atoms with Gasteiger partial charge in [0.2, 0.25) is 5.89 Å². The lowest BCUT2D eigenvalue weighted by Crippen LogP contribution is -2.40. The molecule has 5 nitrogen and oxygen atoms in total. The van der Waals surface area contributed by atoms with Crippen molar-refractivity contribution in [1.29, 1.82) is 0 Å². The van der Waals surface area contributed by atoms with Gasteiger partial charge in [0.1, 0.15) is 0 Å². The molecule has 2 heterocycles. The second kappa shape index (κ2) is 5.60. The zero-order valence-electron chi connectivity index (χ0n) is 10.8. The molecule has 17 heavy (non-hydrogen) atoms. The quantitative estimate of drug-likeness (QED) is 0.866. The molecule has 0 spiro atoms. The van der Waals surface area contributed by atoms with E-state index in [1.165, 1.54) is 0 Å². The Balaban J connectivity index is 1.79. The lowest BCUT2D eigenvalue weighted by Gasteiger charge is -2.32. The summed E-state index contributed by atoms with van der Waals surface area (Å²) in [5, 5.41) is 7.23. The van der Waals surface area contributed by atoms with Crippen molar-refractivity contribution in [2.75, 3.05) is 6.61 Å². The molecule has 0 amide bonds. The fourth-order valence-electron chi connectivity index (χ4n) is 2.12. The van der Waals surface area contributed by atoms with E-state index in [0.717, 1.165) is 19.4 Å². The Morgan fingerprint density at radius 1 is 1.47 bits per heavy atom. The Bertz CT molecular complexity index is 351. The third-order valence-electron chi connectivity index (χ3n) is 3.17. The normalized spacial score (nSPS) is 25.4. The van der Waals surface area contributed by atoms with Crippen molar-refractivity contribution in [2.45, 2.75) is 52.3 Å². The molecule has 2 rings (SSSR count). The summed E-state index contributed by atoms with van der Waals surface area (Å²) in [5.74, 6) is 1.93. The molecule has 0 radical (unpaired) electrons. The highest BCUT2D eigenvalue weighted by Crippen LogP contribution is 2.20. The lowest BCUT2D eigenvalue weighted by molar-refractivity contribution is -0.0248. The molecule has 1 N–H and O–H groups in total. The van der Waals surface area contributed by atoms with Gasteiger partial charge in [-0.2, -0.15) is 4.98 Å². The maximum absolute atomic E-state index is 5.73. The zero-order chi connectivity index (χ0) is 12.3. The van der Waals surface area contributed by atoms with Crippen molar-refractivity contribution in [3.63, 3.8) is 0 Å². The number of nitrogens with zero attached hydrogens (tertiary/aromatic N) is 2. The van der Waals surface area contributed by atoms with Crippen molar-refractivity contribution in [3.8, 4) is 0 Å². The van der Waals surface area contributed by atoms with Gasteiger partial charge in [0, 0.05) is 12.6 Å². The van der Waals surface area contributed by atoms with E-state index in [1.807, 2.05) is 6.92 Å². The van der Waals surface area contributed by atoms with E-state index in [-0.39, 0.29) is 0 Å². The molecule has 1 fully saturated rings. The van der Waals surface area contributed by atoms with Crippen LogP contribution in [0.3, 0.4) is 0 Å². The maximum atomic E-state index is 5.73. The molecule has 0 saturated carbocycles. The summed E-state index contributed by atoms with van der Waals surface area (Å²) in [6.07, 6.45) is 2.48. The molecule has 0 bridgehead atoms. The number of hydrogen-bond acceptors (Lipinski definition) is 5. The second-order valence-electron chi connectivity index (χ2n) is 4.99. The fourth-order valence-corrected chi connectivity index (χ4v) is 2.12. The largest absolute Gasteiger partial charge is 0.378 e. The van der Waals surface area contributed by atoms with Crippen LogP contribution in [0.15, 0.2) is 4.52 Å². The number of aromatic nitrogens is 2. The number of rotatable bonds is 4. The predicted octanol–water partition coefficient (Wildman–Crippen LogP) is 1.67. The van der Waals surface area contributed by atoms with Crippen molar-refractivity contribution >= 4 is 0 Å². The minimum Gasteiger partial charge on any atom is -0.378 e. The monoisotopic (exact) mass is 239 g/mol. The van der Waals surface area contributed by atoms with Gasteiger partial charge in [0.15, 0.2) is 5.82 Å². The number of ether oxygens (including phenoxy) is 1. The Morgan fingerprint density at radius 3 is 2.94 bits per heavy atom. The third kappa shape index (κ3) is 3.51. The summed E-state index contributed by atoms with van der Waals surface area (Å²) in [4.78, 5) is 4.18. The van der Waals surface area contributed by atoms with Crippen LogP contribution in [0.1, 0.15) is 38.4 Å². The third-order valence-corrected chi connectivity index (χ3v) is 3.17. The summed E-state index contributed by atoms with van der Waals surface area (Å²) in [7, 11) is 0. The van der Waals surface area contributed by atoms with Crippen LogP contribution < -0.4 is 5.32 Å². The smallest absolute Gasteiger partial charge is 0.240 e. The van der Waals surface area contributed by atoms with E-state index in [9.17, 15) is 0 Å². The highest BCUT2D eigenvalue weighted by Gasteiger charge is 2.24. The van der Waals surface area contributed by atoms with Gasteiger partial charge in [0.05, 0.1) is 12.6 Å². The second-order valence-corrected chi connectivity index (χ2v) is 4.99. The van der Waals surface area contributed by atoms with Gasteiger partial charge in [-0.05, 0) is 25.7 Å². The fraction of sp³-hybridized carbons (Fsp3) is 0.833. The first-order valence-corrected chi connectivity index (χ1v) is 6.29. The molecule has 0 aliphatic carbocycles. The first kappa shape index (κ1) is 12.5. The number of aryl methyl sites for hydroxylation is 1. The summed E-state index contributed by atoms with van der Waals surface area (Å²) < 4.78 is 10.8. The molecule has 0 aromatic carbocycles. The average Bonchev–Trinajstić information content (AvgIpc) is 2.73. The van der Waals surface area contributed by atoms with Crippen molar-refractivity contribution in [1.82, 2.24) is 15.5 Å². The number of hydrogen-bond donors (Lipinski definition) is 1. The van der Waals surface area contributed by atoms with Crippen LogP contribution >= 0.6 is 0 Å². The minimum absolute atomic E-state index is 0.366. The first-order chi connectivity index (χ1) is 8.15. The van der Waals surface area contributed by atoms with E-state index in [4.69, 9.17) is 9.26 Å². The molecular formula is C12H21N3O2. The number of nitrogens with one attached hydrogen (secondary N) is 1. The van der Waals surface area contributed by atoms with Gasteiger partial charge in [0.25, 0.3) is 0 Å². The highest BCUT2D eigenvalue weighted by atomic mass is 16.5. The topological polar surface area (TPSA) is 60.2 Å². The Morgan fingerprint density at radius 2 is 2.29 bits per heavy atom. The molecule has 1 saturated heterocycles. The highest BCUT2D eigenvalue weighted by molar-refractivity contribution is 4.85. The molecule has 1 aliphatic heterocycles. The standard InChI is InChI=1S/C12H21N3O2/c1-8(2)11-6-10(4-5-16-11)13-7-12-14-9(3)15-17-12/h8,10-11,13H,4-7H2,1-3H3. The van der Waals surface area contributed by atoms with Crippen LogP contribution in [-0.4, -0.2) is 28.9 Å². The predicted molar refractivity (Wildman–Crippen MR) is 63.5 cm³/mol. The van der Waals surface area contributed by atoms with Crippen LogP contribution in [0.25, 0.3) is 0 Å². The van der Waals surface area contributed by atoms with E-state index in [1.54, 1.807) is 0 Å². The Hall–Kier alpha value is -0.940. The van der Waals surface area contributed by atoms with Gasteiger partial charge in [-0.25, -0.2) is 0 Å². The summed E-state index contributed by atoms with van der Waals surface area (Å²) in [6, 6.07) is 0.489. The van der Waals surface area contributed by atoms with Crippen LogP contribution in [-0.2, 0) is 11.3 Å². The SMILES string of the molecule is Cc1noc(CNC2CCOC(C(C)C)C2)n1. The van der Waals surface area contributed by atoms with E-state index >= 15 is 0 Å². The van der Waals surface area contributed by atoms with Gasteiger partial charge < -0.3 is 14.6 Å². The molecule has 2 unspecified atom stereocenters. The average molecular weight is 239 g/mol. The van der Waals surface area contributed by atoms with Gasteiger partial charge in [-0.1, -0.05) is 19.0 Å². The molecule has 1 aliphatic rings. The van der Waals surface area contributed by atoms with E-state index in [0.29, 0.717) is 36.3 Å². The Labute approximate surface area is 102 Å². The molecule has 1 aromatic rings. The molecule has 2 atom stereocenters. The van der Waals surface area contributed by atoms with Crippen molar-refractivity contribution in [3.05, 3.63) is 11.7 Å². The first-order valence-electron chi connectivity index (χ1n) is 6.29. The summed E-state index contributed by atoms with van der Waals surface area (Å²) in [5.41, 5.74) is 0. The minimum atomic E-state index is 0.366. The van der Waals surface area contributed by atoms with Crippen LogP contribution in [0, 0.1) is 12.8 Å². The van der Waals surface area contributed by atoms with Crippen LogP contribution in [0.4, 0.5) is 0 Å². The van der Waals surface area contributed by atoms with Gasteiger partial charge in [-0.3, -0.25) is 0 Å².